The molecular formula is C20H19F3N4O2. The van der Waals surface area contributed by atoms with Gasteiger partial charge in [0.2, 0.25) is 0 Å². The molecule has 0 saturated carbocycles. The maximum Gasteiger partial charge on any atom is 0.422 e. The second-order valence-corrected chi connectivity index (χ2v) is 6.60. The van der Waals surface area contributed by atoms with Crippen LogP contribution >= 0.6 is 0 Å². The van der Waals surface area contributed by atoms with E-state index in [1.165, 1.54) is 23.0 Å². The van der Waals surface area contributed by atoms with Gasteiger partial charge in [0.15, 0.2) is 12.3 Å². The number of carbonyl (C=O) groups excluding carboxylic acids is 1. The van der Waals surface area contributed by atoms with Gasteiger partial charge in [-0.15, -0.1) is 5.10 Å². The summed E-state index contributed by atoms with van der Waals surface area (Å²) in [6.07, 6.45) is -4.44. The summed E-state index contributed by atoms with van der Waals surface area (Å²) in [5, 5.41) is 11.2. The van der Waals surface area contributed by atoms with E-state index in [2.05, 4.69) is 15.5 Å². The lowest BCUT2D eigenvalue weighted by Gasteiger charge is -2.10. The fraction of sp³-hybridized carbons (Fsp3) is 0.250. The fourth-order valence-electron chi connectivity index (χ4n) is 2.75. The van der Waals surface area contributed by atoms with Crippen LogP contribution in [0, 0.1) is 20.8 Å². The molecule has 1 N–H and O–H groups in total. The molecule has 1 aromatic heterocycles. The number of nitrogens with one attached hydrogen (secondary N) is 1. The molecule has 0 unspecified atom stereocenters. The lowest BCUT2D eigenvalue weighted by Crippen LogP contribution is -2.19. The predicted octanol–water partition coefficient (Wildman–Crippen LogP) is 4.39. The van der Waals surface area contributed by atoms with Gasteiger partial charge in [-0.25, -0.2) is 0 Å². The standard InChI is InChI=1S/C20H19F3N4O2/c1-12-7-8-17(13(2)9-12)27-25-14(3)18(26-27)19(28)24-15-5-4-6-16(10-15)29-11-20(21,22)23/h4-10H,11H2,1-3H3,(H,24,28). The molecule has 152 valence electrons. The number of benzene rings is 2. The summed E-state index contributed by atoms with van der Waals surface area (Å²) in [5.74, 6) is -0.526. The molecule has 1 heterocycles. The van der Waals surface area contributed by atoms with E-state index >= 15 is 0 Å². The molecule has 1 amide bonds. The smallest absolute Gasteiger partial charge is 0.422 e. The Kier molecular flexibility index (Phi) is 5.58. The number of carbonyl (C=O) groups is 1. The number of hydrogen-bond acceptors (Lipinski definition) is 4. The fourth-order valence-corrected chi connectivity index (χ4v) is 2.75. The summed E-state index contributed by atoms with van der Waals surface area (Å²) in [4.78, 5) is 14.0. The Morgan fingerprint density at radius 3 is 2.55 bits per heavy atom. The van der Waals surface area contributed by atoms with Crippen molar-refractivity contribution in [3.63, 3.8) is 0 Å². The summed E-state index contributed by atoms with van der Waals surface area (Å²) in [5.41, 5.74) is 3.64. The monoisotopic (exact) mass is 404 g/mol. The van der Waals surface area contributed by atoms with E-state index in [-0.39, 0.29) is 17.1 Å². The van der Waals surface area contributed by atoms with Crippen molar-refractivity contribution >= 4 is 11.6 Å². The van der Waals surface area contributed by atoms with Crippen LogP contribution in [0.4, 0.5) is 18.9 Å². The van der Waals surface area contributed by atoms with Gasteiger partial charge in [0.05, 0.1) is 11.4 Å². The van der Waals surface area contributed by atoms with Crippen LogP contribution in [0.2, 0.25) is 0 Å². The predicted molar refractivity (Wildman–Crippen MR) is 102 cm³/mol. The van der Waals surface area contributed by atoms with Crippen molar-refractivity contribution in [3.05, 3.63) is 65.0 Å². The van der Waals surface area contributed by atoms with Gasteiger partial charge in [0.1, 0.15) is 5.75 Å². The third-order valence-electron chi connectivity index (χ3n) is 4.06. The molecule has 0 aliphatic heterocycles. The minimum absolute atomic E-state index is 0.00391. The van der Waals surface area contributed by atoms with E-state index < -0.39 is 18.7 Å². The minimum atomic E-state index is -4.44. The summed E-state index contributed by atoms with van der Waals surface area (Å²) >= 11 is 0. The summed E-state index contributed by atoms with van der Waals surface area (Å²) in [6.45, 7) is 4.15. The molecular weight excluding hydrogens is 385 g/mol. The first-order chi connectivity index (χ1) is 13.6. The van der Waals surface area contributed by atoms with Gasteiger partial charge in [0.25, 0.3) is 5.91 Å². The van der Waals surface area contributed by atoms with Crippen LogP contribution in [-0.2, 0) is 0 Å². The number of alkyl halides is 3. The van der Waals surface area contributed by atoms with Gasteiger partial charge in [-0.05, 0) is 44.5 Å². The lowest BCUT2D eigenvalue weighted by atomic mass is 10.1. The lowest BCUT2D eigenvalue weighted by molar-refractivity contribution is -0.153. The molecule has 0 fully saturated rings. The Hall–Kier alpha value is -3.36. The molecule has 3 aromatic rings. The van der Waals surface area contributed by atoms with Crippen LogP contribution in [0.25, 0.3) is 5.69 Å². The van der Waals surface area contributed by atoms with E-state index in [9.17, 15) is 18.0 Å². The zero-order valence-corrected chi connectivity index (χ0v) is 16.0. The number of anilines is 1. The molecule has 6 nitrogen and oxygen atoms in total. The number of aryl methyl sites for hydroxylation is 3. The van der Waals surface area contributed by atoms with Crippen molar-refractivity contribution in [2.24, 2.45) is 0 Å². The summed E-state index contributed by atoms with van der Waals surface area (Å²) in [7, 11) is 0. The van der Waals surface area contributed by atoms with Crippen molar-refractivity contribution in [2.45, 2.75) is 26.9 Å². The van der Waals surface area contributed by atoms with E-state index in [1.54, 1.807) is 13.0 Å². The average Bonchev–Trinajstić information content (AvgIpc) is 3.01. The van der Waals surface area contributed by atoms with Gasteiger partial charge in [-0.1, -0.05) is 23.8 Å². The number of hydrogen-bond donors (Lipinski definition) is 1. The van der Waals surface area contributed by atoms with Crippen molar-refractivity contribution in [3.8, 4) is 11.4 Å². The van der Waals surface area contributed by atoms with Gasteiger partial charge >= 0.3 is 6.18 Å². The molecule has 0 aliphatic carbocycles. The maximum atomic E-state index is 12.6. The van der Waals surface area contributed by atoms with Crippen molar-refractivity contribution in [1.29, 1.82) is 0 Å². The van der Waals surface area contributed by atoms with Crippen molar-refractivity contribution < 1.29 is 22.7 Å². The van der Waals surface area contributed by atoms with E-state index in [1.807, 2.05) is 32.0 Å². The van der Waals surface area contributed by atoms with E-state index in [0.29, 0.717) is 5.69 Å². The second-order valence-electron chi connectivity index (χ2n) is 6.60. The third kappa shape index (κ3) is 5.13. The van der Waals surface area contributed by atoms with Gasteiger partial charge in [0, 0.05) is 11.8 Å². The molecule has 0 bridgehead atoms. The Bertz CT molecular complexity index is 1040. The second kappa shape index (κ2) is 7.94. The van der Waals surface area contributed by atoms with Crippen LogP contribution in [0.15, 0.2) is 42.5 Å². The molecule has 9 heteroatoms. The highest BCUT2D eigenvalue weighted by Crippen LogP contribution is 2.22. The van der Waals surface area contributed by atoms with Crippen LogP contribution < -0.4 is 10.1 Å². The molecule has 3 rings (SSSR count). The summed E-state index contributed by atoms with van der Waals surface area (Å²) in [6, 6.07) is 11.5. The molecule has 0 aliphatic rings. The first-order valence-electron chi connectivity index (χ1n) is 8.75. The average molecular weight is 404 g/mol. The van der Waals surface area contributed by atoms with Crippen LogP contribution in [0.1, 0.15) is 27.3 Å². The summed E-state index contributed by atoms with van der Waals surface area (Å²) < 4.78 is 41.6. The molecule has 0 saturated heterocycles. The highest BCUT2D eigenvalue weighted by molar-refractivity contribution is 6.03. The Labute approximate surface area is 165 Å². The van der Waals surface area contributed by atoms with Crippen molar-refractivity contribution in [2.75, 3.05) is 11.9 Å². The Morgan fingerprint density at radius 1 is 1.10 bits per heavy atom. The number of halogens is 3. The zero-order valence-electron chi connectivity index (χ0n) is 16.0. The molecule has 0 spiro atoms. The number of rotatable bonds is 5. The number of aromatic nitrogens is 3. The highest BCUT2D eigenvalue weighted by Gasteiger charge is 2.28. The first-order valence-corrected chi connectivity index (χ1v) is 8.75. The largest absolute Gasteiger partial charge is 0.484 e. The third-order valence-corrected chi connectivity index (χ3v) is 4.06. The normalized spacial score (nSPS) is 11.4. The van der Waals surface area contributed by atoms with Crippen LogP contribution in [0.3, 0.4) is 0 Å². The SMILES string of the molecule is Cc1ccc(-n2nc(C)c(C(=O)Nc3cccc(OCC(F)(F)F)c3)n2)c(C)c1. The number of nitrogens with zero attached hydrogens (tertiary/aromatic N) is 3. The minimum Gasteiger partial charge on any atom is -0.484 e. The topological polar surface area (TPSA) is 69.0 Å². The Balaban J connectivity index is 1.77. The van der Waals surface area contributed by atoms with E-state index in [4.69, 9.17) is 4.74 Å². The van der Waals surface area contributed by atoms with Crippen LogP contribution in [-0.4, -0.2) is 33.7 Å². The maximum absolute atomic E-state index is 12.6. The number of amides is 1. The highest BCUT2D eigenvalue weighted by atomic mass is 19.4. The first kappa shape index (κ1) is 20.4. The van der Waals surface area contributed by atoms with Crippen LogP contribution in [0.5, 0.6) is 5.75 Å². The van der Waals surface area contributed by atoms with Gasteiger partial charge < -0.3 is 10.1 Å². The molecule has 0 radical (unpaired) electrons. The van der Waals surface area contributed by atoms with E-state index in [0.717, 1.165) is 16.8 Å². The number of ether oxygens (including phenoxy) is 1. The molecule has 2 aromatic carbocycles. The molecule has 29 heavy (non-hydrogen) atoms. The zero-order chi connectivity index (χ0) is 21.2. The van der Waals surface area contributed by atoms with Gasteiger partial charge in [-0.2, -0.15) is 23.1 Å². The quantitative estimate of drug-likeness (QED) is 0.685. The molecule has 0 atom stereocenters. The van der Waals surface area contributed by atoms with Gasteiger partial charge in [-0.3, -0.25) is 4.79 Å². The van der Waals surface area contributed by atoms with Crippen molar-refractivity contribution in [1.82, 2.24) is 15.0 Å². The Morgan fingerprint density at radius 2 is 1.86 bits per heavy atom.